The summed E-state index contributed by atoms with van der Waals surface area (Å²) in [6.45, 7) is 2.07. The van der Waals surface area contributed by atoms with E-state index < -0.39 is 24.5 Å². The molecule has 0 aliphatic carbocycles. The summed E-state index contributed by atoms with van der Waals surface area (Å²) in [5, 5.41) is 29.0. The third-order valence-corrected chi connectivity index (χ3v) is 4.79. The summed E-state index contributed by atoms with van der Waals surface area (Å²) in [7, 11) is 0. The van der Waals surface area contributed by atoms with Crippen LogP contribution in [0.4, 0.5) is 0 Å². The predicted octanol–water partition coefficient (Wildman–Crippen LogP) is 0.959. The van der Waals surface area contributed by atoms with E-state index in [1.807, 2.05) is 12.1 Å². The smallest absolute Gasteiger partial charge is 0.245 e. The molecule has 1 aromatic carbocycles. The Morgan fingerprint density at radius 1 is 1.18 bits per heavy atom. The second kappa shape index (κ2) is 7.52. The van der Waals surface area contributed by atoms with E-state index in [1.54, 1.807) is 23.6 Å². The van der Waals surface area contributed by atoms with Crippen molar-refractivity contribution in [1.82, 2.24) is 19.5 Å². The van der Waals surface area contributed by atoms with E-state index in [2.05, 4.69) is 21.0 Å². The van der Waals surface area contributed by atoms with E-state index in [4.69, 9.17) is 14.7 Å². The number of aromatic nitrogens is 4. The maximum atomic E-state index is 10.2. The van der Waals surface area contributed by atoms with Gasteiger partial charge in [-0.25, -0.2) is 9.97 Å². The molecule has 4 atom stereocenters. The normalized spacial score (nSPS) is 24.4. The third-order valence-electron chi connectivity index (χ3n) is 4.79. The predicted molar refractivity (Wildman–Crippen MR) is 97.3 cm³/mol. The zero-order chi connectivity index (χ0) is 19.7. The number of benzene rings is 1. The molecule has 1 saturated heterocycles. The number of imidazole rings is 1. The standard InChI is InChI=1S/C19H19N5O4/c1-11-15(25)16(26)19(28-11)24-10-23-14-17(24)21-9-22-18(14)27-7-6-12-2-4-13(8-20)5-3-12/h2-5,9-11,15-16,19,25-26H,6-7H2,1H3/t11-,15-,16-,19-/m1/s1. The molecular formula is C19H19N5O4. The molecule has 1 aliphatic heterocycles. The van der Waals surface area contributed by atoms with E-state index in [-0.39, 0.29) is 0 Å². The van der Waals surface area contributed by atoms with Crippen LogP contribution in [0, 0.1) is 11.3 Å². The number of fused-ring (bicyclic) bond motifs is 1. The fourth-order valence-corrected chi connectivity index (χ4v) is 3.19. The zero-order valence-electron chi connectivity index (χ0n) is 15.1. The molecule has 2 aromatic heterocycles. The first-order valence-electron chi connectivity index (χ1n) is 8.89. The summed E-state index contributed by atoms with van der Waals surface area (Å²) in [5.74, 6) is 0.332. The van der Waals surface area contributed by atoms with Gasteiger partial charge in [0.15, 0.2) is 17.4 Å². The molecule has 28 heavy (non-hydrogen) atoms. The Bertz CT molecular complexity index is 1010. The number of ether oxygens (including phenoxy) is 2. The number of aliphatic hydroxyl groups excluding tert-OH is 2. The lowest BCUT2D eigenvalue weighted by Crippen LogP contribution is -2.30. The number of hydrogen-bond acceptors (Lipinski definition) is 8. The monoisotopic (exact) mass is 381 g/mol. The van der Waals surface area contributed by atoms with Crippen LogP contribution in [0.3, 0.4) is 0 Å². The Hall–Kier alpha value is -3.06. The number of rotatable bonds is 5. The molecule has 1 aliphatic rings. The first-order chi connectivity index (χ1) is 13.6. The van der Waals surface area contributed by atoms with Gasteiger partial charge in [-0.2, -0.15) is 10.2 Å². The van der Waals surface area contributed by atoms with Crippen molar-refractivity contribution < 1.29 is 19.7 Å². The first kappa shape index (κ1) is 18.3. The molecule has 3 aromatic rings. The molecule has 9 heteroatoms. The van der Waals surface area contributed by atoms with Crippen molar-refractivity contribution in [3.63, 3.8) is 0 Å². The summed E-state index contributed by atoms with van der Waals surface area (Å²) >= 11 is 0. The summed E-state index contributed by atoms with van der Waals surface area (Å²) in [4.78, 5) is 12.7. The Kier molecular flexibility index (Phi) is 4.92. The average molecular weight is 381 g/mol. The van der Waals surface area contributed by atoms with Crippen LogP contribution in [0.2, 0.25) is 0 Å². The van der Waals surface area contributed by atoms with Crippen molar-refractivity contribution >= 4 is 11.2 Å². The number of nitriles is 1. The van der Waals surface area contributed by atoms with Gasteiger partial charge in [-0.15, -0.1) is 0 Å². The molecule has 0 bridgehead atoms. The zero-order valence-corrected chi connectivity index (χ0v) is 15.1. The van der Waals surface area contributed by atoms with E-state index >= 15 is 0 Å². The minimum Gasteiger partial charge on any atom is -0.476 e. The average Bonchev–Trinajstić information content (AvgIpc) is 3.25. The Labute approximate surface area is 160 Å². The van der Waals surface area contributed by atoms with Gasteiger partial charge in [0.2, 0.25) is 5.88 Å². The van der Waals surface area contributed by atoms with Gasteiger partial charge in [0.25, 0.3) is 0 Å². The van der Waals surface area contributed by atoms with Crippen LogP contribution in [0.5, 0.6) is 5.88 Å². The fraction of sp³-hybridized carbons (Fsp3) is 0.368. The Morgan fingerprint density at radius 3 is 2.64 bits per heavy atom. The minimum atomic E-state index is -1.08. The Balaban J connectivity index is 1.49. The molecule has 1 fully saturated rings. The highest BCUT2D eigenvalue weighted by Crippen LogP contribution is 2.32. The number of hydrogen-bond donors (Lipinski definition) is 2. The molecule has 3 heterocycles. The Morgan fingerprint density at radius 2 is 1.96 bits per heavy atom. The minimum absolute atomic E-state index is 0.332. The van der Waals surface area contributed by atoms with Gasteiger partial charge in [-0.05, 0) is 24.6 Å². The van der Waals surface area contributed by atoms with Gasteiger partial charge in [0.05, 0.1) is 30.7 Å². The second-order valence-electron chi connectivity index (χ2n) is 6.62. The first-order valence-corrected chi connectivity index (χ1v) is 8.89. The van der Waals surface area contributed by atoms with Gasteiger partial charge in [-0.3, -0.25) is 4.57 Å². The van der Waals surface area contributed by atoms with Crippen LogP contribution in [0.25, 0.3) is 11.2 Å². The van der Waals surface area contributed by atoms with Crippen LogP contribution in [-0.4, -0.2) is 54.7 Å². The van der Waals surface area contributed by atoms with E-state index in [0.29, 0.717) is 35.6 Å². The summed E-state index contributed by atoms with van der Waals surface area (Å²) in [6.07, 6.45) is 0.158. The SMILES string of the molecule is C[C@H]1O[C@@H](n2cnc3c(OCCc4ccc(C#N)cc4)ncnc32)[C@H](O)[C@@H]1O. The lowest BCUT2D eigenvalue weighted by Gasteiger charge is -2.16. The largest absolute Gasteiger partial charge is 0.476 e. The molecule has 0 spiro atoms. The number of aliphatic hydroxyl groups is 2. The molecule has 0 radical (unpaired) electrons. The van der Waals surface area contributed by atoms with Crippen molar-refractivity contribution in [2.75, 3.05) is 6.61 Å². The summed E-state index contributed by atoms with van der Waals surface area (Å²) < 4.78 is 13.0. The summed E-state index contributed by atoms with van der Waals surface area (Å²) in [6, 6.07) is 9.39. The van der Waals surface area contributed by atoms with Crippen molar-refractivity contribution in [3.8, 4) is 11.9 Å². The van der Waals surface area contributed by atoms with Crippen molar-refractivity contribution in [3.05, 3.63) is 48.0 Å². The van der Waals surface area contributed by atoms with Crippen molar-refractivity contribution in [2.24, 2.45) is 0 Å². The molecule has 4 rings (SSSR count). The second-order valence-corrected chi connectivity index (χ2v) is 6.62. The number of nitrogens with zero attached hydrogens (tertiary/aromatic N) is 5. The molecule has 0 saturated carbocycles. The van der Waals surface area contributed by atoms with Gasteiger partial charge >= 0.3 is 0 Å². The highest BCUT2D eigenvalue weighted by Gasteiger charge is 2.42. The molecule has 144 valence electrons. The lowest BCUT2D eigenvalue weighted by atomic mass is 10.1. The van der Waals surface area contributed by atoms with E-state index in [1.165, 1.54) is 12.7 Å². The van der Waals surface area contributed by atoms with Gasteiger partial charge in [0, 0.05) is 6.42 Å². The highest BCUT2D eigenvalue weighted by atomic mass is 16.6. The van der Waals surface area contributed by atoms with Gasteiger partial charge in [0.1, 0.15) is 18.5 Å². The summed E-state index contributed by atoms with van der Waals surface area (Å²) in [5.41, 5.74) is 2.56. The van der Waals surface area contributed by atoms with Crippen LogP contribution >= 0.6 is 0 Å². The van der Waals surface area contributed by atoms with Crippen LogP contribution < -0.4 is 4.74 Å². The fourth-order valence-electron chi connectivity index (χ4n) is 3.19. The van der Waals surface area contributed by atoms with Crippen molar-refractivity contribution in [2.45, 2.75) is 37.9 Å². The van der Waals surface area contributed by atoms with Gasteiger partial charge < -0.3 is 19.7 Å². The third kappa shape index (κ3) is 3.29. The molecule has 0 amide bonds. The van der Waals surface area contributed by atoms with Crippen LogP contribution in [0.1, 0.15) is 24.3 Å². The van der Waals surface area contributed by atoms with Crippen molar-refractivity contribution in [1.29, 1.82) is 5.26 Å². The quantitative estimate of drug-likeness (QED) is 0.669. The maximum Gasteiger partial charge on any atom is 0.245 e. The maximum absolute atomic E-state index is 10.2. The molecule has 2 N–H and O–H groups in total. The lowest BCUT2D eigenvalue weighted by molar-refractivity contribution is -0.0299. The molecule has 9 nitrogen and oxygen atoms in total. The van der Waals surface area contributed by atoms with E-state index in [0.717, 1.165) is 5.56 Å². The molecular weight excluding hydrogens is 362 g/mol. The van der Waals surface area contributed by atoms with Crippen LogP contribution in [-0.2, 0) is 11.2 Å². The molecule has 0 unspecified atom stereocenters. The van der Waals surface area contributed by atoms with Crippen LogP contribution in [0.15, 0.2) is 36.9 Å². The topological polar surface area (TPSA) is 126 Å². The highest BCUT2D eigenvalue weighted by molar-refractivity contribution is 5.76. The van der Waals surface area contributed by atoms with E-state index in [9.17, 15) is 10.2 Å². The van der Waals surface area contributed by atoms with Gasteiger partial charge in [-0.1, -0.05) is 12.1 Å².